The predicted octanol–water partition coefficient (Wildman–Crippen LogP) is 3.27. The highest BCUT2D eigenvalue weighted by Crippen LogP contribution is 2.25. The van der Waals surface area contributed by atoms with E-state index in [0.29, 0.717) is 11.3 Å². The van der Waals surface area contributed by atoms with Gasteiger partial charge in [0.1, 0.15) is 16.4 Å². The largest absolute Gasteiger partial charge is 0.465 e. The van der Waals surface area contributed by atoms with E-state index in [2.05, 4.69) is 4.98 Å². The van der Waals surface area contributed by atoms with Gasteiger partial charge in [0.25, 0.3) is 0 Å². The first kappa shape index (κ1) is 15.7. The topological polar surface area (TPSA) is 63.4 Å². The Kier molecular flexibility index (Phi) is 3.95. The standard InChI is InChI=1S/C17H18N2O3S/c1-12-9-14-5-4-6-16(17(14)18-10-12)23(20,21)19(3)11-15-8-7-13(2)22-15/h4-10H,11H2,1-3H3. The molecule has 0 aliphatic rings. The van der Waals surface area contributed by atoms with Crippen LogP contribution in [0.2, 0.25) is 0 Å². The highest BCUT2D eigenvalue weighted by atomic mass is 32.2. The summed E-state index contributed by atoms with van der Waals surface area (Å²) < 4.78 is 32.5. The monoisotopic (exact) mass is 330 g/mol. The number of aryl methyl sites for hydroxylation is 2. The molecule has 0 bridgehead atoms. The first-order chi connectivity index (χ1) is 10.9. The van der Waals surface area contributed by atoms with Crippen molar-refractivity contribution in [2.75, 3.05) is 7.05 Å². The van der Waals surface area contributed by atoms with Gasteiger partial charge in [-0.05, 0) is 43.7 Å². The maximum absolute atomic E-state index is 12.9. The third-order valence-corrected chi connectivity index (χ3v) is 5.51. The normalized spacial score (nSPS) is 12.2. The number of para-hydroxylation sites is 1. The average Bonchev–Trinajstić information content (AvgIpc) is 2.91. The minimum Gasteiger partial charge on any atom is -0.465 e. The Labute approximate surface area is 135 Å². The molecule has 5 nitrogen and oxygen atoms in total. The molecule has 23 heavy (non-hydrogen) atoms. The summed E-state index contributed by atoms with van der Waals surface area (Å²) in [4.78, 5) is 4.52. The Morgan fingerprint density at radius 1 is 1.17 bits per heavy atom. The average molecular weight is 330 g/mol. The van der Waals surface area contributed by atoms with Crippen LogP contribution in [0.5, 0.6) is 0 Å². The lowest BCUT2D eigenvalue weighted by Crippen LogP contribution is -2.26. The minimum absolute atomic E-state index is 0.179. The van der Waals surface area contributed by atoms with Crippen molar-refractivity contribution < 1.29 is 12.8 Å². The van der Waals surface area contributed by atoms with E-state index >= 15 is 0 Å². The van der Waals surface area contributed by atoms with Crippen molar-refractivity contribution in [3.8, 4) is 0 Å². The summed E-state index contributed by atoms with van der Waals surface area (Å²) >= 11 is 0. The van der Waals surface area contributed by atoms with Crippen LogP contribution in [0.25, 0.3) is 10.9 Å². The lowest BCUT2D eigenvalue weighted by atomic mass is 10.2. The fourth-order valence-corrected chi connectivity index (χ4v) is 3.79. The zero-order chi connectivity index (χ0) is 16.6. The Morgan fingerprint density at radius 3 is 2.65 bits per heavy atom. The molecule has 6 heteroatoms. The molecule has 0 spiro atoms. The Hall–Kier alpha value is -2.18. The van der Waals surface area contributed by atoms with Gasteiger partial charge in [-0.2, -0.15) is 4.31 Å². The van der Waals surface area contributed by atoms with E-state index in [4.69, 9.17) is 4.42 Å². The third-order valence-electron chi connectivity index (χ3n) is 3.67. The number of nitrogens with zero attached hydrogens (tertiary/aromatic N) is 2. The summed E-state index contributed by atoms with van der Waals surface area (Å²) in [6.07, 6.45) is 1.68. The van der Waals surface area contributed by atoms with E-state index in [0.717, 1.165) is 16.7 Å². The van der Waals surface area contributed by atoms with Crippen molar-refractivity contribution >= 4 is 20.9 Å². The smallest absolute Gasteiger partial charge is 0.245 e. The van der Waals surface area contributed by atoms with Gasteiger partial charge in [0.2, 0.25) is 10.0 Å². The Bertz CT molecular complexity index is 961. The van der Waals surface area contributed by atoms with Crippen molar-refractivity contribution in [2.24, 2.45) is 0 Å². The second-order valence-electron chi connectivity index (χ2n) is 5.61. The molecule has 0 unspecified atom stereocenters. The molecular formula is C17H18N2O3S. The van der Waals surface area contributed by atoms with Gasteiger partial charge in [-0.1, -0.05) is 12.1 Å². The Morgan fingerprint density at radius 2 is 1.96 bits per heavy atom. The summed E-state index contributed by atoms with van der Waals surface area (Å²) in [5.41, 5.74) is 1.48. The predicted molar refractivity (Wildman–Crippen MR) is 88.6 cm³/mol. The summed E-state index contributed by atoms with van der Waals surface area (Å²) in [7, 11) is -2.11. The van der Waals surface area contributed by atoms with Crippen molar-refractivity contribution in [1.82, 2.24) is 9.29 Å². The number of hydrogen-bond acceptors (Lipinski definition) is 4. The summed E-state index contributed by atoms with van der Waals surface area (Å²) in [6.45, 7) is 3.94. The van der Waals surface area contributed by atoms with Crippen LogP contribution < -0.4 is 0 Å². The van der Waals surface area contributed by atoms with Crippen molar-refractivity contribution in [2.45, 2.75) is 25.3 Å². The summed E-state index contributed by atoms with van der Waals surface area (Å²) in [5, 5.41) is 0.813. The zero-order valence-electron chi connectivity index (χ0n) is 13.3. The molecule has 0 N–H and O–H groups in total. The molecule has 0 aliphatic heterocycles. The van der Waals surface area contributed by atoms with E-state index in [1.54, 1.807) is 31.4 Å². The third kappa shape index (κ3) is 3.00. The van der Waals surface area contributed by atoms with Gasteiger partial charge in [-0.25, -0.2) is 8.42 Å². The molecule has 0 aliphatic carbocycles. The van der Waals surface area contributed by atoms with E-state index in [-0.39, 0.29) is 11.4 Å². The van der Waals surface area contributed by atoms with Gasteiger partial charge in [0, 0.05) is 18.6 Å². The first-order valence-corrected chi connectivity index (χ1v) is 8.69. The SMILES string of the molecule is Cc1cnc2c(S(=O)(=O)N(C)Cc3ccc(C)o3)cccc2c1. The van der Waals surface area contributed by atoms with E-state index in [9.17, 15) is 8.42 Å². The van der Waals surface area contributed by atoms with E-state index in [1.807, 2.05) is 32.0 Å². The quantitative estimate of drug-likeness (QED) is 0.736. The van der Waals surface area contributed by atoms with E-state index in [1.165, 1.54) is 4.31 Å². The minimum atomic E-state index is -3.66. The highest BCUT2D eigenvalue weighted by Gasteiger charge is 2.24. The molecule has 0 radical (unpaired) electrons. The van der Waals surface area contributed by atoms with Gasteiger partial charge in [-0.15, -0.1) is 0 Å². The lowest BCUT2D eigenvalue weighted by Gasteiger charge is -2.17. The van der Waals surface area contributed by atoms with Crippen molar-refractivity contribution in [3.63, 3.8) is 0 Å². The molecule has 1 aromatic carbocycles. The van der Waals surface area contributed by atoms with Crippen LogP contribution in [-0.2, 0) is 16.6 Å². The van der Waals surface area contributed by atoms with Crippen LogP contribution in [0.1, 0.15) is 17.1 Å². The first-order valence-electron chi connectivity index (χ1n) is 7.25. The number of furan rings is 1. The molecule has 2 heterocycles. The number of hydrogen-bond donors (Lipinski definition) is 0. The Balaban J connectivity index is 2.02. The molecule has 0 saturated carbocycles. The number of pyridine rings is 1. The van der Waals surface area contributed by atoms with E-state index < -0.39 is 10.0 Å². The molecule has 0 saturated heterocycles. The van der Waals surface area contributed by atoms with Crippen molar-refractivity contribution in [1.29, 1.82) is 0 Å². The molecule has 0 amide bonds. The number of aromatic nitrogens is 1. The van der Waals surface area contributed by atoms with Crippen LogP contribution in [0.15, 0.2) is 51.9 Å². The van der Waals surface area contributed by atoms with Crippen LogP contribution >= 0.6 is 0 Å². The number of sulfonamides is 1. The molecular weight excluding hydrogens is 312 g/mol. The lowest BCUT2D eigenvalue weighted by molar-refractivity contribution is 0.397. The summed E-state index contributed by atoms with van der Waals surface area (Å²) in [6, 6.07) is 10.7. The second kappa shape index (κ2) is 5.79. The van der Waals surface area contributed by atoms with Gasteiger partial charge >= 0.3 is 0 Å². The van der Waals surface area contributed by atoms with Crippen LogP contribution in [-0.4, -0.2) is 24.8 Å². The molecule has 120 valence electrons. The van der Waals surface area contributed by atoms with Crippen molar-refractivity contribution in [3.05, 3.63) is 59.7 Å². The maximum atomic E-state index is 12.9. The van der Waals surface area contributed by atoms with Crippen LogP contribution in [0.4, 0.5) is 0 Å². The summed E-state index contributed by atoms with van der Waals surface area (Å²) in [5.74, 6) is 1.37. The van der Waals surface area contributed by atoms with Crippen LogP contribution in [0, 0.1) is 13.8 Å². The maximum Gasteiger partial charge on any atom is 0.245 e. The highest BCUT2D eigenvalue weighted by molar-refractivity contribution is 7.89. The number of rotatable bonds is 4. The van der Waals surface area contributed by atoms with Gasteiger partial charge in [0.05, 0.1) is 12.1 Å². The van der Waals surface area contributed by atoms with Gasteiger partial charge in [0.15, 0.2) is 0 Å². The molecule has 0 fully saturated rings. The van der Waals surface area contributed by atoms with Crippen LogP contribution in [0.3, 0.4) is 0 Å². The fourth-order valence-electron chi connectivity index (χ4n) is 2.49. The van der Waals surface area contributed by atoms with Gasteiger partial charge in [-0.3, -0.25) is 4.98 Å². The fraction of sp³-hybridized carbons (Fsp3) is 0.235. The van der Waals surface area contributed by atoms with Gasteiger partial charge < -0.3 is 4.42 Å². The molecule has 2 aromatic heterocycles. The number of fused-ring (bicyclic) bond motifs is 1. The molecule has 0 atom stereocenters. The molecule has 3 aromatic rings. The second-order valence-corrected chi connectivity index (χ2v) is 7.63. The number of benzene rings is 1. The zero-order valence-corrected chi connectivity index (χ0v) is 14.1. The molecule has 3 rings (SSSR count).